The summed E-state index contributed by atoms with van der Waals surface area (Å²) in [6.45, 7) is 4.88. The fourth-order valence-corrected chi connectivity index (χ4v) is 0. The molecule has 0 rings (SSSR count). The Morgan fingerprint density at radius 3 is 2.00 bits per heavy atom. The predicted molar refractivity (Wildman–Crippen MR) is 41.6 cm³/mol. The van der Waals surface area contributed by atoms with Gasteiger partial charge in [-0.05, 0) is 12.3 Å². The number of aliphatic carboxylic acids is 1. The van der Waals surface area contributed by atoms with E-state index < -0.39 is 5.97 Å². The zero-order valence-electron chi connectivity index (χ0n) is 5.24. The molecule has 0 spiro atoms. The van der Waals surface area contributed by atoms with Gasteiger partial charge < -0.3 is 5.11 Å². The Morgan fingerprint density at radius 1 is 1.78 bits per heavy atom. The third kappa shape index (κ3) is 38.8. The van der Waals surface area contributed by atoms with Crippen molar-refractivity contribution in [2.45, 2.75) is 6.92 Å². The topological polar surface area (TPSA) is 37.3 Å². The van der Waals surface area contributed by atoms with Crippen LogP contribution >= 0.6 is 12.6 Å². The minimum atomic E-state index is -0.981. The van der Waals surface area contributed by atoms with Crippen LogP contribution in [-0.4, -0.2) is 11.1 Å². The van der Waals surface area contributed by atoms with E-state index in [0.717, 1.165) is 6.08 Å². The number of carboxylic acids is 1. The average molecular weight is 146 g/mol. The molecule has 0 bridgehead atoms. The molecular formula is C6H10O2S. The Labute approximate surface area is 60.3 Å². The summed E-state index contributed by atoms with van der Waals surface area (Å²) in [5.74, 6) is -0.981. The smallest absolute Gasteiger partial charge is 0.327 e. The summed E-state index contributed by atoms with van der Waals surface area (Å²) in [6.07, 6.45) is 2.70. The van der Waals surface area contributed by atoms with Crippen LogP contribution < -0.4 is 0 Å². The third-order valence-corrected chi connectivity index (χ3v) is 0.622. The van der Waals surface area contributed by atoms with Crippen molar-refractivity contribution in [3.05, 3.63) is 24.1 Å². The van der Waals surface area contributed by atoms with Gasteiger partial charge in [-0.1, -0.05) is 12.7 Å². The number of hydrogen-bond donors (Lipinski definition) is 2. The first kappa shape index (κ1) is 11.1. The van der Waals surface area contributed by atoms with Gasteiger partial charge >= 0.3 is 5.97 Å². The second-order valence-electron chi connectivity index (χ2n) is 1.02. The molecule has 0 fully saturated rings. The van der Waals surface area contributed by atoms with E-state index in [0.29, 0.717) is 0 Å². The summed E-state index contributed by atoms with van der Waals surface area (Å²) in [5.41, 5.74) is 0. The summed E-state index contributed by atoms with van der Waals surface area (Å²) in [5, 5.41) is 9.30. The molecule has 9 heavy (non-hydrogen) atoms. The molecule has 0 aliphatic rings. The van der Waals surface area contributed by atoms with Gasteiger partial charge in [0.15, 0.2) is 0 Å². The van der Waals surface area contributed by atoms with Gasteiger partial charge in [0.1, 0.15) is 0 Å². The lowest BCUT2D eigenvalue weighted by Crippen LogP contribution is -1.82. The van der Waals surface area contributed by atoms with Crippen LogP contribution in [0.25, 0.3) is 0 Å². The number of rotatable bonds is 1. The molecule has 0 aromatic heterocycles. The highest BCUT2D eigenvalue weighted by Gasteiger charge is 1.73. The molecule has 0 amide bonds. The lowest BCUT2D eigenvalue weighted by Gasteiger charge is -1.64. The molecular weight excluding hydrogens is 136 g/mol. The van der Waals surface area contributed by atoms with Crippen LogP contribution in [0.3, 0.4) is 0 Å². The third-order valence-electron chi connectivity index (χ3n) is 0.324. The van der Waals surface area contributed by atoms with E-state index in [1.807, 2.05) is 13.0 Å². The molecule has 1 N–H and O–H groups in total. The van der Waals surface area contributed by atoms with Crippen LogP contribution in [-0.2, 0) is 4.79 Å². The van der Waals surface area contributed by atoms with Crippen molar-refractivity contribution in [3.8, 4) is 0 Å². The Morgan fingerprint density at radius 2 is 2.00 bits per heavy atom. The van der Waals surface area contributed by atoms with Gasteiger partial charge in [0.05, 0.1) is 0 Å². The van der Waals surface area contributed by atoms with Crippen molar-refractivity contribution in [1.82, 2.24) is 0 Å². The van der Waals surface area contributed by atoms with Gasteiger partial charge in [0, 0.05) is 6.08 Å². The van der Waals surface area contributed by atoms with Gasteiger partial charge in [-0.25, -0.2) is 4.79 Å². The minimum absolute atomic E-state index is 0.833. The van der Waals surface area contributed by atoms with E-state index in [1.165, 1.54) is 0 Å². The highest BCUT2D eigenvalue weighted by Crippen LogP contribution is 1.69. The zero-order valence-corrected chi connectivity index (χ0v) is 6.14. The Bertz CT molecular complexity index is 104. The molecule has 0 aliphatic carbocycles. The van der Waals surface area contributed by atoms with Gasteiger partial charge in [-0.3, -0.25) is 0 Å². The molecule has 0 radical (unpaired) electrons. The van der Waals surface area contributed by atoms with Crippen molar-refractivity contribution < 1.29 is 9.90 Å². The quantitative estimate of drug-likeness (QED) is 0.436. The summed E-state index contributed by atoms with van der Waals surface area (Å²) < 4.78 is 0. The fourth-order valence-electron chi connectivity index (χ4n) is 0. The van der Waals surface area contributed by atoms with Crippen molar-refractivity contribution >= 4 is 18.6 Å². The maximum Gasteiger partial charge on any atom is 0.327 e. The van der Waals surface area contributed by atoms with Crippen LogP contribution in [0.1, 0.15) is 6.92 Å². The van der Waals surface area contributed by atoms with E-state index >= 15 is 0 Å². The first-order valence-electron chi connectivity index (χ1n) is 2.29. The van der Waals surface area contributed by atoms with E-state index in [4.69, 9.17) is 5.11 Å². The summed E-state index contributed by atoms with van der Waals surface area (Å²) in [7, 11) is 0. The molecule has 3 heteroatoms. The molecule has 52 valence electrons. The highest BCUT2D eigenvalue weighted by atomic mass is 32.1. The summed E-state index contributed by atoms with van der Waals surface area (Å²) >= 11 is 3.74. The highest BCUT2D eigenvalue weighted by molar-refractivity contribution is 7.83. The fraction of sp³-hybridized carbons (Fsp3) is 0.167. The molecule has 2 nitrogen and oxygen atoms in total. The van der Waals surface area contributed by atoms with Crippen LogP contribution in [0.4, 0.5) is 0 Å². The second kappa shape index (κ2) is 10.3. The van der Waals surface area contributed by atoms with E-state index in [9.17, 15) is 4.79 Å². The second-order valence-corrected chi connectivity index (χ2v) is 1.32. The van der Waals surface area contributed by atoms with Crippen LogP contribution in [0.2, 0.25) is 0 Å². The Hall–Kier alpha value is -0.700. The van der Waals surface area contributed by atoms with E-state index in [1.54, 1.807) is 5.41 Å². The Balaban J connectivity index is 0. The maximum atomic E-state index is 9.25. The standard InChI is InChI=1S/C3H4O2.C3H6S/c1-2-3(4)5;1-2-3-4/h2H,1H2,(H,4,5);2-4H,1H3. The first-order chi connectivity index (χ1) is 4.18. The van der Waals surface area contributed by atoms with E-state index in [2.05, 4.69) is 19.2 Å². The van der Waals surface area contributed by atoms with Crippen LogP contribution in [0.15, 0.2) is 24.1 Å². The lowest BCUT2D eigenvalue weighted by molar-refractivity contribution is -0.131. The molecule has 0 saturated heterocycles. The molecule has 0 heterocycles. The molecule has 0 unspecified atom stereocenters. The Kier molecular flexibility index (Phi) is 12.8. The SMILES string of the molecule is C=CC(=O)O.CC=CS. The molecule has 0 atom stereocenters. The van der Waals surface area contributed by atoms with Crippen molar-refractivity contribution in [2.75, 3.05) is 0 Å². The molecule has 0 aliphatic heterocycles. The zero-order chi connectivity index (χ0) is 7.70. The summed E-state index contributed by atoms with van der Waals surface area (Å²) in [6, 6.07) is 0. The summed E-state index contributed by atoms with van der Waals surface area (Å²) in [4.78, 5) is 9.25. The number of thiol groups is 1. The monoisotopic (exact) mass is 146 g/mol. The van der Waals surface area contributed by atoms with Crippen LogP contribution in [0.5, 0.6) is 0 Å². The van der Waals surface area contributed by atoms with Crippen molar-refractivity contribution in [3.63, 3.8) is 0 Å². The predicted octanol–water partition coefficient (Wildman–Crippen LogP) is 1.71. The number of hydrogen-bond acceptors (Lipinski definition) is 2. The lowest BCUT2D eigenvalue weighted by atomic mass is 10.7. The molecule has 0 aromatic carbocycles. The molecule has 0 saturated carbocycles. The number of carboxylic acid groups (broad SMARTS) is 1. The van der Waals surface area contributed by atoms with Gasteiger partial charge in [0.2, 0.25) is 0 Å². The van der Waals surface area contributed by atoms with Gasteiger partial charge in [0.25, 0.3) is 0 Å². The minimum Gasteiger partial charge on any atom is -0.478 e. The van der Waals surface area contributed by atoms with Gasteiger partial charge in [-0.2, -0.15) is 12.6 Å². The van der Waals surface area contributed by atoms with Crippen molar-refractivity contribution in [2.24, 2.45) is 0 Å². The number of carbonyl (C=O) groups is 1. The normalized spacial score (nSPS) is 7.78. The van der Waals surface area contributed by atoms with E-state index in [-0.39, 0.29) is 0 Å². The van der Waals surface area contributed by atoms with Crippen molar-refractivity contribution in [1.29, 1.82) is 0 Å². The largest absolute Gasteiger partial charge is 0.478 e. The average Bonchev–Trinajstić information content (AvgIpc) is 1.89. The number of allylic oxidation sites excluding steroid dienone is 1. The maximum absolute atomic E-state index is 9.25. The molecule has 0 aromatic rings. The first-order valence-corrected chi connectivity index (χ1v) is 2.81. The van der Waals surface area contributed by atoms with Crippen LogP contribution in [0, 0.1) is 0 Å². The van der Waals surface area contributed by atoms with Gasteiger partial charge in [-0.15, -0.1) is 0 Å².